The highest BCUT2D eigenvalue weighted by Gasteiger charge is 2.33. The van der Waals surface area contributed by atoms with E-state index in [0.29, 0.717) is 5.57 Å². The smallest absolute Gasteiger partial charge is 0.180 e. The lowest BCUT2D eigenvalue weighted by Crippen LogP contribution is -2.47. The molecule has 2 unspecified atom stereocenters. The van der Waals surface area contributed by atoms with Gasteiger partial charge in [-0.1, -0.05) is 0 Å². The Morgan fingerprint density at radius 2 is 2.23 bits per heavy atom. The first-order valence-electron chi connectivity index (χ1n) is 4.06. The van der Waals surface area contributed by atoms with Crippen molar-refractivity contribution >= 4 is 0 Å². The Morgan fingerprint density at radius 1 is 1.62 bits per heavy atom. The molecule has 5 heteroatoms. The summed E-state index contributed by atoms with van der Waals surface area (Å²) < 4.78 is 10.2. The number of hydrogen-bond donors (Lipinski definition) is 3. The van der Waals surface area contributed by atoms with Crippen molar-refractivity contribution in [2.45, 2.75) is 25.4 Å². The molecule has 0 bridgehead atoms. The zero-order valence-electron chi connectivity index (χ0n) is 7.73. The van der Waals surface area contributed by atoms with E-state index in [2.05, 4.69) is 0 Å². The van der Waals surface area contributed by atoms with Crippen molar-refractivity contribution in [1.29, 1.82) is 0 Å². The van der Waals surface area contributed by atoms with Gasteiger partial charge in [0.2, 0.25) is 0 Å². The lowest BCUT2D eigenvalue weighted by atomic mass is 10.0. The SMILES string of the molecule is CO[C@@H]1OC(CO)C(C)=C(O)C1N. The molecule has 0 aromatic carbocycles. The Balaban J connectivity index is 2.86. The third-order valence-electron chi connectivity index (χ3n) is 2.19. The van der Waals surface area contributed by atoms with Crippen LogP contribution in [0.3, 0.4) is 0 Å². The van der Waals surface area contributed by atoms with Crippen LogP contribution < -0.4 is 5.73 Å². The predicted molar refractivity (Wildman–Crippen MR) is 46.1 cm³/mol. The maximum Gasteiger partial charge on any atom is 0.180 e. The van der Waals surface area contributed by atoms with Crippen molar-refractivity contribution in [3.05, 3.63) is 11.3 Å². The fourth-order valence-electron chi connectivity index (χ4n) is 1.29. The molecule has 0 fully saturated rings. The maximum absolute atomic E-state index is 9.53. The van der Waals surface area contributed by atoms with Crippen LogP contribution in [0.5, 0.6) is 0 Å². The molecule has 1 heterocycles. The van der Waals surface area contributed by atoms with Gasteiger partial charge in [0.25, 0.3) is 0 Å². The first-order chi connectivity index (χ1) is 6.11. The molecule has 1 rings (SSSR count). The quantitative estimate of drug-likeness (QED) is 0.545. The standard InChI is InChI=1S/C8H15NO4/c1-4-5(3-10)13-8(12-2)6(9)7(4)11/h5-6,8,10-11H,3,9H2,1-2H3/t5?,6?,8-/m1/s1. The summed E-state index contributed by atoms with van der Waals surface area (Å²) in [6, 6.07) is -0.673. The minimum absolute atomic E-state index is 0.0390. The van der Waals surface area contributed by atoms with Gasteiger partial charge < -0.3 is 25.4 Å². The van der Waals surface area contributed by atoms with Crippen molar-refractivity contribution in [2.24, 2.45) is 5.73 Å². The molecule has 1 aliphatic heterocycles. The van der Waals surface area contributed by atoms with Gasteiger partial charge in [0, 0.05) is 7.11 Å². The van der Waals surface area contributed by atoms with Crippen LogP contribution in [0.15, 0.2) is 11.3 Å². The van der Waals surface area contributed by atoms with Gasteiger partial charge in [0.15, 0.2) is 6.29 Å². The van der Waals surface area contributed by atoms with E-state index in [1.807, 2.05) is 0 Å². The Hall–Kier alpha value is -0.620. The van der Waals surface area contributed by atoms with Gasteiger partial charge in [-0.3, -0.25) is 0 Å². The molecular formula is C8H15NO4. The molecule has 0 saturated carbocycles. The zero-order valence-corrected chi connectivity index (χ0v) is 7.73. The van der Waals surface area contributed by atoms with Crippen molar-refractivity contribution in [2.75, 3.05) is 13.7 Å². The molecule has 0 spiro atoms. The van der Waals surface area contributed by atoms with Crippen molar-refractivity contribution in [1.82, 2.24) is 0 Å². The van der Waals surface area contributed by atoms with E-state index in [1.165, 1.54) is 7.11 Å². The molecule has 3 atom stereocenters. The van der Waals surface area contributed by atoms with Crippen molar-refractivity contribution in [3.63, 3.8) is 0 Å². The second-order valence-corrected chi connectivity index (χ2v) is 3.01. The normalized spacial score (nSPS) is 35.2. The Kier molecular flexibility index (Phi) is 3.27. The lowest BCUT2D eigenvalue weighted by Gasteiger charge is -2.33. The van der Waals surface area contributed by atoms with E-state index in [-0.39, 0.29) is 12.4 Å². The largest absolute Gasteiger partial charge is 0.510 e. The Labute approximate surface area is 76.8 Å². The summed E-state index contributed by atoms with van der Waals surface area (Å²) in [5.74, 6) is 0.0390. The van der Waals surface area contributed by atoms with Crippen LogP contribution in [-0.2, 0) is 9.47 Å². The Bertz CT molecular complexity index is 216. The number of methoxy groups -OCH3 is 1. The van der Waals surface area contributed by atoms with Crippen LogP contribution in [0.4, 0.5) is 0 Å². The Morgan fingerprint density at radius 3 is 2.69 bits per heavy atom. The summed E-state index contributed by atoms with van der Waals surface area (Å²) in [5, 5.41) is 18.4. The van der Waals surface area contributed by atoms with Crippen molar-refractivity contribution < 1.29 is 19.7 Å². The van der Waals surface area contributed by atoms with Crippen LogP contribution in [0.2, 0.25) is 0 Å². The molecule has 13 heavy (non-hydrogen) atoms. The van der Waals surface area contributed by atoms with E-state index in [0.717, 1.165) is 0 Å². The minimum atomic E-state index is -0.694. The zero-order chi connectivity index (χ0) is 10.0. The monoisotopic (exact) mass is 189 g/mol. The van der Waals surface area contributed by atoms with Gasteiger partial charge in [-0.2, -0.15) is 0 Å². The second-order valence-electron chi connectivity index (χ2n) is 3.01. The molecule has 5 nitrogen and oxygen atoms in total. The van der Waals surface area contributed by atoms with Crippen molar-refractivity contribution in [3.8, 4) is 0 Å². The van der Waals surface area contributed by atoms with Crippen LogP contribution in [0.1, 0.15) is 6.92 Å². The van der Waals surface area contributed by atoms with Crippen LogP contribution in [0.25, 0.3) is 0 Å². The lowest BCUT2D eigenvalue weighted by molar-refractivity contribution is -0.174. The summed E-state index contributed by atoms with van der Waals surface area (Å²) in [6.45, 7) is 1.48. The summed E-state index contributed by atoms with van der Waals surface area (Å²) in [5.41, 5.74) is 6.16. The van der Waals surface area contributed by atoms with Gasteiger partial charge >= 0.3 is 0 Å². The molecule has 76 valence electrons. The average Bonchev–Trinajstić information content (AvgIpc) is 2.15. The van der Waals surface area contributed by atoms with E-state index in [4.69, 9.17) is 20.3 Å². The summed E-state index contributed by atoms with van der Waals surface area (Å²) in [7, 11) is 1.44. The third kappa shape index (κ3) is 1.83. The van der Waals surface area contributed by atoms with Gasteiger partial charge in [0.1, 0.15) is 17.9 Å². The fourth-order valence-corrected chi connectivity index (χ4v) is 1.29. The van der Waals surface area contributed by atoms with E-state index < -0.39 is 18.4 Å². The molecule has 0 aromatic rings. The summed E-state index contributed by atoms with van der Waals surface area (Å²) in [4.78, 5) is 0. The highest BCUT2D eigenvalue weighted by Crippen LogP contribution is 2.23. The number of rotatable bonds is 2. The molecule has 0 saturated heterocycles. The molecule has 4 N–H and O–H groups in total. The van der Waals surface area contributed by atoms with Gasteiger partial charge in [0.05, 0.1) is 6.61 Å². The van der Waals surface area contributed by atoms with Crippen LogP contribution in [0, 0.1) is 0 Å². The fraction of sp³-hybridized carbons (Fsp3) is 0.750. The van der Waals surface area contributed by atoms with E-state index in [1.54, 1.807) is 6.92 Å². The first-order valence-corrected chi connectivity index (χ1v) is 4.06. The molecule has 0 aliphatic carbocycles. The number of nitrogens with two attached hydrogens (primary N) is 1. The highest BCUT2D eigenvalue weighted by molar-refractivity contribution is 5.18. The van der Waals surface area contributed by atoms with Gasteiger partial charge in [-0.15, -0.1) is 0 Å². The number of ether oxygens (including phenoxy) is 2. The number of hydrogen-bond acceptors (Lipinski definition) is 5. The van der Waals surface area contributed by atoms with Gasteiger partial charge in [-0.05, 0) is 12.5 Å². The molecular weight excluding hydrogens is 174 g/mol. The predicted octanol–water partition coefficient (Wildman–Crippen LogP) is -0.491. The number of aliphatic hydroxyl groups excluding tert-OH is 2. The van der Waals surface area contributed by atoms with E-state index in [9.17, 15) is 5.11 Å². The van der Waals surface area contributed by atoms with Gasteiger partial charge in [-0.25, -0.2) is 0 Å². The molecule has 0 aromatic heterocycles. The third-order valence-corrected chi connectivity index (χ3v) is 2.19. The van der Waals surface area contributed by atoms with Crippen LogP contribution >= 0.6 is 0 Å². The molecule has 0 amide bonds. The molecule has 1 aliphatic rings. The second kappa shape index (κ2) is 4.06. The first kappa shape index (κ1) is 10.5. The maximum atomic E-state index is 9.53. The topological polar surface area (TPSA) is 84.9 Å². The summed E-state index contributed by atoms with van der Waals surface area (Å²) >= 11 is 0. The number of aliphatic hydroxyl groups is 2. The highest BCUT2D eigenvalue weighted by atomic mass is 16.7. The molecule has 0 radical (unpaired) electrons. The van der Waals surface area contributed by atoms with E-state index >= 15 is 0 Å². The average molecular weight is 189 g/mol. The minimum Gasteiger partial charge on any atom is -0.510 e. The summed E-state index contributed by atoms with van der Waals surface area (Å²) in [6.07, 6.45) is -1.22. The van der Waals surface area contributed by atoms with Crippen LogP contribution in [-0.4, -0.2) is 42.4 Å².